The highest BCUT2D eigenvalue weighted by Gasteiger charge is 2.34. The predicted molar refractivity (Wildman–Crippen MR) is 67.5 cm³/mol. The van der Waals surface area contributed by atoms with Crippen LogP contribution in [0.3, 0.4) is 0 Å². The summed E-state index contributed by atoms with van der Waals surface area (Å²) in [4.78, 5) is 0. The Bertz CT molecular complexity index is 213. The molecule has 0 aliphatic heterocycles. The van der Waals surface area contributed by atoms with Crippen molar-refractivity contribution in [3.05, 3.63) is 0 Å². The van der Waals surface area contributed by atoms with Crippen molar-refractivity contribution in [1.29, 1.82) is 0 Å². The van der Waals surface area contributed by atoms with Crippen molar-refractivity contribution in [3.63, 3.8) is 0 Å². The minimum atomic E-state index is -0.422. The third kappa shape index (κ3) is 4.06. The van der Waals surface area contributed by atoms with Gasteiger partial charge in [-0.05, 0) is 45.4 Å². The van der Waals surface area contributed by atoms with Gasteiger partial charge in [-0.1, -0.05) is 26.2 Å². The van der Waals surface area contributed by atoms with Crippen molar-refractivity contribution in [2.24, 2.45) is 5.92 Å². The third-order valence-electron chi connectivity index (χ3n) is 4.25. The molecule has 1 fully saturated rings. The molecule has 0 spiro atoms. The van der Waals surface area contributed by atoms with E-state index < -0.39 is 5.60 Å². The third-order valence-corrected chi connectivity index (χ3v) is 4.25. The lowest BCUT2D eigenvalue weighted by molar-refractivity contribution is -0.0538. The van der Waals surface area contributed by atoms with Gasteiger partial charge in [-0.2, -0.15) is 0 Å². The Kier molecular flexibility index (Phi) is 4.81. The molecule has 0 bridgehead atoms. The summed E-state index contributed by atoms with van der Waals surface area (Å²) in [6.45, 7) is 6.42. The van der Waals surface area contributed by atoms with E-state index in [0.29, 0.717) is 0 Å². The fourth-order valence-electron chi connectivity index (χ4n) is 2.67. The summed E-state index contributed by atoms with van der Waals surface area (Å²) in [7, 11) is 1.75. The first-order chi connectivity index (χ1) is 7.41. The van der Waals surface area contributed by atoms with Crippen LogP contribution in [0.4, 0.5) is 0 Å². The number of hydrogen-bond acceptors (Lipinski definition) is 2. The number of hydrogen-bond donors (Lipinski definition) is 1. The highest BCUT2D eigenvalue weighted by molar-refractivity contribution is 4.87. The Morgan fingerprint density at radius 3 is 2.69 bits per heavy atom. The van der Waals surface area contributed by atoms with E-state index in [1.807, 2.05) is 0 Å². The van der Waals surface area contributed by atoms with Gasteiger partial charge < -0.3 is 9.84 Å². The fraction of sp³-hybridized carbons (Fsp3) is 1.00. The van der Waals surface area contributed by atoms with Crippen molar-refractivity contribution in [3.8, 4) is 0 Å². The van der Waals surface area contributed by atoms with Crippen LogP contribution in [0.25, 0.3) is 0 Å². The van der Waals surface area contributed by atoms with Crippen LogP contribution >= 0.6 is 0 Å². The van der Waals surface area contributed by atoms with Gasteiger partial charge in [0.15, 0.2) is 0 Å². The zero-order chi connectivity index (χ0) is 12.2. The molecule has 2 heteroatoms. The molecule has 0 saturated heterocycles. The summed E-state index contributed by atoms with van der Waals surface area (Å²) >= 11 is 0. The molecule has 0 aromatic rings. The molecule has 2 nitrogen and oxygen atoms in total. The van der Waals surface area contributed by atoms with E-state index in [2.05, 4.69) is 20.8 Å². The lowest BCUT2D eigenvalue weighted by Gasteiger charge is -2.38. The van der Waals surface area contributed by atoms with E-state index in [1.165, 1.54) is 19.3 Å². The molecule has 0 aromatic carbocycles. The lowest BCUT2D eigenvalue weighted by Crippen LogP contribution is -2.37. The second kappa shape index (κ2) is 5.50. The van der Waals surface area contributed by atoms with Crippen LogP contribution in [0.2, 0.25) is 0 Å². The first-order valence-corrected chi connectivity index (χ1v) is 6.68. The van der Waals surface area contributed by atoms with Crippen LogP contribution < -0.4 is 0 Å². The molecule has 1 N–H and O–H groups in total. The number of ether oxygens (including phenoxy) is 1. The van der Waals surface area contributed by atoms with Crippen LogP contribution in [-0.4, -0.2) is 23.4 Å². The average molecular weight is 228 g/mol. The highest BCUT2D eigenvalue weighted by Crippen LogP contribution is 2.38. The van der Waals surface area contributed by atoms with E-state index >= 15 is 0 Å². The van der Waals surface area contributed by atoms with E-state index in [1.54, 1.807) is 7.11 Å². The summed E-state index contributed by atoms with van der Waals surface area (Å²) < 4.78 is 5.42. The van der Waals surface area contributed by atoms with Crippen LogP contribution in [-0.2, 0) is 4.74 Å². The van der Waals surface area contributed by atoms with Gasteiger partial charge in [0.05, 0.1) is 11.2 Å². The maximum absolute atomic E-state index is 10.6. The molecule has 0 radical (unpaired) electrons. The molecular weight excluding hydrogens is 200 g/mol. The van der Waals surface area contributed by atoms with E-state index in [-0.39, 0.29) is 5.60 Å². The zero-order valence-electron chi connectivity index (χ0n) is 11.4. The zero-order valence-corrected chi connectivity index (χ0v) is 11.4. The van der Waals surface area contributed by atoms with Gasteiger partial charge in [0.2, 0.25) is 0 Å². The summed E-state index contributed by atoms with van der Waals surface area (Å²) in [6, 6.07) is 0. The van der Waals surface area contributed by atoms with Crippen LogP contribution in [0, 0.1) is 5.92 Å². The molecule has 96 valence electrons. The van der Waals surface area contributed by atoms with Gasteiger partial charge >= 0.3 is 0 Å². The summed E-state index contributed by atoms with van der Waals surface area (Å²) in [5.41, 5.74) is -0.524. The molecule has 2 atom stereocenters. The smallest absolute Gasteiger partial charge is 0.0651 e. The Balaban J connectivity index is 2.45. The lowest BCUT2D eigenvalue weighted by atomic mass is 9.74. The second-order valence-electron chi connectivity index (χ2n) is 6.06. The monoisotopic (exact) mass is 228 g/mol. The first-order valence-electron chi connectivity index (χ1n) is 6.68. The minimum Gasteiger partial charge on any atom is -0.390 e. The van der Waals surface area contributed by atoms with Crippen molar-refractivity contribution in [1.82, 2.24) is 0 Å². The van der Waals surface area contributed by atoms with Crippen molar-refractivity contribution in [2.75, 3.05) is 7.11 Å². The first kappa shape index (κ1) is 14.0. The van der Waals surface area contributed by atoms with Crippen molar-refractivity contribution < 1.29 is 9.84 Å². The van der Waals surface area contributed by atoms with Gasteiger partial charge in [-0.15, -0.1) is 0 Å². The summed E-state index contributed by atoms with van der Waals surface area (Å²) in [5, 5.41) is 10.6. The van der Waals surface area contributed by atoms with Gasteiger partial charge in [0, 0.05) is 7.11 Å². The molecule has 1 saturated carbocycles. The maximum atomic E-state index is 10.6. The van der Waals surface area contributed by atoms with Crippen LogP contribution in [0.5, 0.6) is 0 Å². The average Bonchev–Trinajstić information content (AvgIpc) is 2.27. The Hall–Kier alpha value is -0.0800. The molecule has 2 unspecified atom stereocenters. The minimum absolute atomic E-state index is 0.102. The molecule has 1 aliphatic rings. The Morgan fingerprint density at radius 1 is 1.44 bits per heavy atom. The molecule has 0 amide bonds. The largest absolute Gasteiger partial charge is 0.390 e. The predicted octanol–water partition coefficient (Wildman–Crippen LogP) is 3.52. The SMILES string of the molecule is CCC1CCCC(O)(CCC(C)(C)OC)C1. The van der Waals surface area contributed by atoms with Gasteiger partial charge in [-0.25, -0.2) is 0 Å². The highest BCUT2D eigenvalue weighted by atomic mass is 16.5. The molecule has 0 heterocycles. The van der Waals surface area contributed by atoms with Crippen LogP contribution in [0.15, 0.2) is 0 Å². The summed E-state index contributed by atoms with van der Waals surface area (Å²) in [6.07, 6.45) is 7.47. The van der Waals surface area contributed by atoms with E-state index in [4.69, 9.17) is 4.74 Å². The normalized spacial score (nSPS) is 31.7. The maximum Gasteiger partial charge on any atom is 0.0651 e. The van der Waals surface area contributed by atoms with Crippen LogP contribution in [0.1, 0.15) is 65.7 Å². The standard InChI is InChI=1S/C14H28O2/c1-5-12-7-6-8-14(15,11-12)10-9-13(2,3)16-4/h12,15H,5-11H2,1-4H3. The molecule has 1 aliphatic carbocycles. The molecule has 1 rings (SSSR count). The van der Waals surface area contributed by atoms with Gasteiger partial charge in [0.1, 0.15) is 0 Å². The fourth-order valence-corrected chi connectivity index (χ4v) is 2.67. The number of rotatable bonds is 5. The van der Waals surface area contributed by atoms with Gasteiger partial charge in [0.25, 0.3) is 0 Å². The second-order valence-corrected chi connectivity index (χ2v) is 6.06. The van der Waals surface area contributed by atoms with Crippen molar-refractivity contribution in [2.45, 2.75) is 76.9 Å². The van der Waals surface area contributed by atoms with E-state index in [0.717, 1.165) is 31.6 Å². The quantitative estimate of drug-likeness (QED) is 0.780. The number of aliphatic hydroxyl groups is 1. The Labute approximate surface area is 100 Å². The van der Waals surface area contributed by atoms with Gasteiger partial charge in [-0.3, -0.25) is 0 Å². The van der Waals surface area contributed by atoms with Crippen molar-refractivity contribution >= 4 is 0 Å². The topological polar surface area (TPSA) is 29.5 Å². The molecule has 16 heavy (non-hydrogen) atoms. The molecule has 0 aromatic heterocycles. The Morgan fingerprint density at radius 2 is 2.12 bits per heavy atom. The number of methoxy groups -OCH3 is 1. The van der Waals surface area contributed by atoms with E-state index in [9.17, 15) is 5.11 Å². The summed E-state index contributed by atoms with van der Waals surface area (Å²) in [5.74, 6) is 0.726. The molecular formula is C14H28O2.